The lowest BCUT2D eigenvalue weighted by atomic mass is 9.98. The molecule has 2 aliphatic rings. The SMILES string of the molecule is Cc1sc2c(c1C)C(c1ccc(CC=CCNO)cc1)=N[C@@H](CC(=O)OC(C)(C)C)c1nnc(C)n1-2.Cc1sc2c(c1C)C(c1ccc(CC=CCNO)cc1)=N[C@H](CC(=O)OC(C)(C)C)c1nnc(C)n1-2. The average Bonchev–Trinajstić information content (AvgIpc) is 4.01. The Kier molecular flexibility index (Phi) is 16.8. The number of ether oxygens (including phenoxy) is 2. The second kappa shape index (κ2) is 22.6. The molecule has 2 atom stereocenters. The highest BCUT2D eigenvalue weighted by Crippen LogP contribution is 2.41. The van der Waals surface area contributed by atoms with Gasteiger partial charge < -0.3 is 19.9 Å². The Morgan fingerprint density at radius 1 is 0.583 bits per heavy atom. The second-order valence-corrected chi connectivity index (χ2v) is 22.3. The highest BCUT2D eigenvalue weighted by Gasteiger charge is 2.35. The normalized spacial score (nSPS) is 15.4. The van der Waals surface area contributed by atoms with E-state index in [-0.39, 0.29) is 24.8 Å². The first-order valence-electron chi connectivity index (χ1n) is 24.0. The van der Waals surface area contributed by atoms with Crippen LogP contribution in [0.5, 0.6) is 0 Å². The Hall–Kier alpha value is -6.28. The van der Waals surface area contributed by atoms with Gasteiger partial charge in [0.2, 0.25) is 0 Å². The van der Waals surface area contributed by atoms with E-state index in [0.717, 1.165) is 90.4 Å². The molecule has 380 valence electrons. The van der Waals surface area contributed by atoms with Crippen LogP contribution in [-0.2, 0) is 31.9 Å². The van der Waals surface area contributed by atoms with Gasteiger partial charge in [0.25, 0.3) is 0 Å². The van der Waals surface area contributed by atoms with Crippen molar-refractivity contribution in [2.24, 2.45) is 9.98 Å². The molecule has 2 aliphatic heterocycles. The molecule has 72 heavy (non-hydrogen) atoms. The summed E-state index contributed by atoms with van der Waals surface area (Å²) in [7, 11) is 0. The number of carbonyl (C=O) groups is 2. The van der Waals surface area contributed by atoms with Gasteiger partial charge in [0.15, 0.2) is 11.6 Å². The number of esters is 2. The van der Waals surface area contributed by atoms with E-state index in [1.54, 1.807) is 22.7 Å². The Bertz CT molecular complexity index is 2830. The highest BCUT2D eigenvalue weighted by atomic mass is 32.1. The van der Waals surface area contributed by atoms with Crippen LogP contribution >= 0.6 is 22.7 Å². The van der Waals surface area contributed by atoms with Crippen LogP contribution in [0.25, 0.3) is 10.0 Å². The van der Waals surface area contributed by atoms with E-state index in [4.69, 9.17) is 29.9 Å². The van der Waals surface area contributed by atoms with E-state index in [1.807, 2.05) is 88.8 Å². The van der Waals surface area contributed by atoms with E-state index in [0.29, 0.717) is 24.7 Å². The van der Waals surface area contributed by atoms with Crippen LogP contribution in [-0.4, -0.2) is 87.6 Å². The zero-order valence-electron chi connectivity index (χ0n) is 43.2. The first-order chi connectivity index (χ1) is 34.2. The molecule has 0 saturated carbocycles. The summed E-state index contributed by atoms with van der Waals surface area (Å²) in [6.07, 6.45) is 9.46. The Labute approximate surface area is 429 Å². The van der Waals surface area contributed by atoms with Crippen molar-refractivity contribution >= 4 is 46.0 Å². The monoisotopic (exact) mass is 1010 g/mol. The van der Waals surface area contributed by atoms with Crippen molar-refractivity contribution in [1.82, 2.24) is 40.5 Å². The number of hydroxylamine groups is 2. The summed E-state index contributed by atoms with van der Waals surface area (Å²) in [5.74, 6) is 2.18. The van der Waals surface area contributed by atoms with Crippen LogP contribution in [0.1, 0.15) is 144 Å². The average molecular weight is 1020 g/mol. The molecule has 6 heterocycles. The van der Waals surface area contributed by atoms with Gasteiger partial charge in [-0.15, -0.1) is 43.1 Å². The van der Waals surface area contributed by atoms with Crippen LogP contribution in [0.4, 0.5) is 0 Å². The fraction of sp³-hybridized carbons (Fsp3) is 0.407. The summed E-state index contributed by atoms with van der Waals surface area (Å²) in [6.45, 7) is 24.3. The van der Waals surface area contributed by atoms with Gasteiger partial charge in [0, 0.05) is 45.1 Å². The topological polar surface area (TPSA) is 203 Å². The van der Waals surface area contributed by atoms with Gasteiger partial charge >= 0.3 is 11.9 Å². The molecule has 6 aromatic rings. The maximum Gasteiger partial charge on any atom is 0.308 e. The molecule has 0 aliphatic carbocycles. The summed E-state index contributed by atoms with van der Waals surface area (Å²) >= 11 is 3.38. The number of rotatable bonds is 14. The number of benzene rings is 2. The number of thiophene rings is 2. The molecule has 0 spiro atoms. The molecule has 8 rings (SSSR count). The number of allylic oxidation sites excluding steroid dienone is 2. The van der Waals surface area contributed by atoms with Gasteiger partial charge in [-0.3, -0.25) is 28.7 Å². The van der Waals surface area contributed by atoms with Gasteiger partial charge in [-0.2, -0.15) is 0 Å². The van der Waals surface area contributed by atoms with Gasteiger partial charge in [-0.25, -0.2) is 11.0 Å². The standard InChI is InChI=1S/2C27H33N5O3S/c2*1-16-17(2)36-26-23(16)24(20-12-10-19(11-13-20)9-7-8-14-28-34)29-21(15-22(33)35-27(4,5)6)25-31-30-18(3)32(25)26/h2*7-8,10-13,21,28,34H,9,14-15H2,1-6H3/t2*21-/m10/s1. The van der Waals surface area contributed by atoms with Crippen molar-refractivity contribution in [2.75, 3.05) is 13.1 Å². The number of fused-ring (bicyclic) bond motifs is 6. The third kappa shape index (κ3) is 12.5. The lowest BCUT2D eigenvalue weighted by Crippen LogP contribution is -2.25. The molecule has 4 N–H and O–H groups in total. The number of hydrogen-bond donors (Lipinski definition) is 4. The maximum absolute atomic E-state index is 12.8. The van der Waals surface area contributed by atoms with Gasteiger partial charge in [-0.1, -0.05) is 72.8 Å². The molecule has 0 unspecified atom stereocenters. The quantitative estimate of drug-likeness (QED) is 0.0458. The largest absolute Gasteiger partial charge is 0.460 e. The van der Waals surface area contributed by atoms with Crippen LogP contribution in [0.15, 0.2) is 82.8 Å². The molecule has 18 heteroatoms. The fourth-order valence-electron chi connectivity index (χ4n) is 8.44. The molecule has 0 radical (unpaired) electrons. The molecule has 2 aromatic carbocycles. The van der Waals surface area contributed by atoms with Gasteiger partial charge in [0.1, 0.15) is 44.9 Å². The molecule has 4 aromatic heterocycles. The summed E-state index contributed by atoms with van der Waals surface area (Å²) in [4.78, 5) is 38.4. The predicted octanol–water partition coefficient (Wildman–Crippen LogP) is 9.91. The zero-order valence-corrected chi connectivity index (χ0v) is 44.9. The smallest absolute Gasteiger partial charge is 0.308 e. The number of nitrogens with zero attached hydrogens (tertiary/aromatic N) is 8. The Morgan fingerprint density at radius 3 is 1.28 bits per heavy atom. The lowest BCUT2D eigenvalue weighted by molar-refractivity contribution is -0.156. The summed E-state index contributed by atoms with van der Waals surface area (Å²) in [6, 6.07) is 15.6. The van der Waals surface area contributed by atoms with Crippen LogP contribution in [0.3, 0.4) is 0 Å². The minimum Gasteiger partial charge on any atom is -0.460 e. The van der Waals surface area contributed by atoms with Crippen LogP contribution < -0.4 is 11.0 Å². The van der Waals surface area contributed by atoms with E-state index < -0.39 is 23.3 Å². The molecular weight excluding hydrogens is 949 g/mol. The molecule has 0 amide bonds. The Morgan fingerprint density at radius 2 is 0.944 bits per heavy atom. The number of hydrogen-bond acceptors (Lipinski definition) is 16. The van der Waals surface area contributed by atoms with Crippen molar-refractivity contribution in [1.29, 1.82) is 0 Å². The number of aliphatic imine (C=N–C) groups is 2. The number of carbonyl (C=O) groups excluding carboxylic acids is 2. The van der Waals surface area contributed by atoms with E-state index >= 15 is 0 Å². The molecule has 0 saturated heterocycles. The minimum atomic E-state index is -0.582. The Balaban J connectivity index is 0.000000211. The zero-order chi connectivity index (χ0) is 52.1. The molecule has 0 fully saturated rings. The second-order valence-electron chi connectivity index (χ2n) is 19.8. The van der Waals surface area contributed by atoms with Crippen molar-refractivity contribution in [3.05, 3.63) is 150 Å². The van der Waals surface area contributed by atoms with Gasteiger partial charge in [-0.05, 0) is 118 Å². The summed E-state index contributed by atoms with van der Waals surface area (Å²) in [5.41, 5.74) is 13.5. The van der Waals surface area contributed by atoms with Crippen LogP contribution in [0.2, 0.25) is 0 Å². The summed E-state index contributed by atoms with van der Waals surface area (Å²) < 4.78 is 15.3. The fourth-order valence-corrected chi connectivity index (χ4v) is 10.9. The highest BCUT2D eigenvalue weighted by molar-refractivity contribution is 7.15. The third-order valence-corrected chi connectivity index (χ3v) is 14.3. The van der Waals surface area contributed by atoms with E-state index in [2.05, 4.69) is 108 Å². The first kappa shape index (κ1) is 53.5. The lowest BCUT2D eigenvalue weighted by Gasteiger charge is -2.21. The number of aryl methyl sites for hydroxylation is 4. The minimum absolute atomic E-state index is 0.0770. The van der Waals surface area contributed by atoms with Gasteiger partial charge in [0.05, 0.1) is 24.3 Å². The van der Waals surface area contributed by atoms with Crippen molar-refractivity contribution < 1.29 is 29.5 Å². The molecule has 0 bridgehead atoms. The third-order valence-electron chi connectivity index (χ3n) is 12.0. The first-order valence-corrected chi connectivity index (χ1v) is 25.7. The summed E-state index contributed by atoms with van der Waals surface area (Å²) in [5, 5.41) is 37.0. The van der Waals surface area contributed by atoms with Crippen LogP contribution in [0, 0.1) is 41.5 Å². The van der Waals surface area contributed by atoms with E-state index in [9.17, 15) is 9.59 Å². The van der Waals surface area contributed by atoms with Crippen molar-refractivity contribution in [2.45, 2.75) is 132 Å². The maximum atomic E-state index is 12.8. The molecule has 16 nitrogen and oxygen atoms in total. The van der Waals surface area contributed by atoms with E-state index in [1.165, 1.54) is 9.75 Å². The number of aromatic nitrogens is 6. The predicted molar refractivity (Wildman–Crippen MR) is 283 cm³/mol. The molecular formula is C54H66N10O6S2. The van der Waals surface area contributed by atoms with Crippen molar-refractivity contribution in [3.63, 3.8) is 0 Å². The van der Waals surface area contributed by atoms with Crippen molar-refractivity contribution in [3.8, 4) is 10.0 Å². The number of nitrogens with one attached hydrogen (secondary N) is 2.